The number of carbonyl (C=O) groups excluding carboxylic acids is 1. The zero-order valence-corrected chi connectivity index (χ0v) is 14.5. The molecule has 0 saturated carbocycles. The van der Waals surface area contributed by atoms with Gasteiger partial charge in [0.25, 0.3) is 5.91 Å². The summed E-state index contributed by atoms with van der Waals surface area (Å²) in [4.78, 5) is 13.9. The average Bonchev–Trinajstić information content (AvgIpc) is 3.16. The van der Waals surface area contributed by atoms with Crippen LogP contribution in [0, 0.1) is 0 Å². The fourth-order valence-electron chi connectivity index (χ4n) is 2.77. The van der Waals surface area contributed by atoms with E-state index in [4.69, 9.17) is 0 Å². The lowest BCUT2D eigenvalue weighted by Gasteiger charge is -2.21. The van der Waals surface area contributed by atoms with Crippen molar-refractivity contribution < 1.29 is 9.69 Å². The summed E-state index contributed by atoms with van der Waals surface area (Å²) in [7, 11) is 4.17. The molecule has 25 heavy (non-hydrogen) atoms. The summed E-state index contributed by atoms with van der Waals surface area (Å²) in [6.07, 6.45) is 3.61. The van der Waals surface area contributed by atoms with Crippen molar-refractivity contribution >= 4 is 5.91 Å². The molecule has 0 saturated heterocycles. The van der Waals surface area contributed by atoms with E-state index in [-0.39, 0.29) is 11.9 Å². The Labute approximate surface area is 147 Å². The predicted molar refractivity (Wildman–Crippen MR) is 97.9 cm³/mol. The molecule has 128 valence electrons. The first-order valence-electron chi connectivity index (χ1n) is 8.38. The van der Waals surface area contributed by atoms with Crippen LogP contribution >= 0.6 is 0 Å². The maximum absolute atomic E-state index is 12.7. The first-order chi connectivity index (χ1) is 12.1. The van der Waals surface area contributed by atoms with E-state index in [9.17, 15) is 4.79 Å². The van der Waals surface area contributed by atoms with Gasteiger partial charge in [-0.15, -0.1) is 0 Å². The second-order valence-corrected chi connectivity index (χ2v) is 6.35. The van der Waals surface area contributed by atoms with Crippen LogP contribution in [0.3, 0.4) is 0 Å². The van der Waals surface area contributed by atoms with Gasteiger partial charge >= 0.3 is 0 Å². The van der Waals surface area contributed by atoms with Gasteiger partial charge in [0.2, 0.25) is 0 Å². The molecule has 3 rings (SSSR count). The second-order valence-electron chi connectivity index (χ2n) is 6.35. The van der Waals surface area contributed by atoms with E-state index in [1.54, 1.807) is 10.9 Å². The average molecular weight is 335 g/mol. The fraction of sp³-hybridized carbons (Fsp3) is 0.200. The number of rotatable bonds is 6. The van der Waals surface area contributed by atoms with Crippen molar-refractivity contribution in [3.8, 4) is 5.69 Å². The summed E-state index contributed by atoms with van der Waals surface area (Å²) in [5.41, 5.74) is 2.69. The number of benzene rings is 2. The lowest BCUT2D eigenvalue weighted by Crippen LogP contribution is -3.06. The molecule has 5 nitrogen and oxygen atoms in total. The Balaban J connectivity index is 1.74. The molecule has 0 unspecified atom stereocenters. The summed E-state index contributed by atoms with van der Waals surface area (Å²) in [6.45, 7) is 0.821. The third kappa shape index (κ3) is 4.33. The van der Waals surface area contributed by atoms with Crippen LogP contribution in [0.15, 0.2) is 73.1 Å². The summed E-state index contributed by atoms with van der Waals surface area (Å²) in [5, 5.41) is 7.35. The lowest BCUT2D eigenvalue weighted by molar-refractivity contribution is -0.860. The van der Waals surface area contributed by atoms with Gasteiger partial charge in [0, 0.05) is 18.0 Å². The molecule has 0 bridgehead atoms. The largest absolute Gasteiger partial charge is 0.340 e. The number of nitrogens with zero attached hydrogens (tertiary/aromatic N) is 2. The number of nitrogens with one attached hydrogen (secondary N) is 2. The molecular weight excluding hydrogens is 312 g/mol. The molecule has 0 aliphatic carbocycles. The molecule has 1 aromatic heterocycles. The van der Waals surface area contributed by atoms with E-state index in [0.717, 1.165) is 17.8 Å². The molecule has 0 fully saturated rings. The number of aromatic nitrogens is 2. The van der Waals surface area contributed by atoms with Crippen LogP contribution in [0.25, 0.3) is 5.69 Å². The molecular formula is C20H23N4O+. The Morgan fingerprint density at radius 2 is 1.80 bits per heavy atom. The molecule has 1 amide bonds. The first kappa shape index (κ1) is 16.9. The van der Waals surface area contributed by atoms with Crippen LogP contribution in [-0.2, 0) is 0 Å². The zero-order chi connectivity index (χ0) is 17.6. The topological polar surface area (TPSA) is 51.4 Å². The van der Waals surface area contributed by atoms with Crippen LogP contribution in [0.4, 0.5) is 0 Å². The Morgan fingerprint density at radius 3 is 2.40 bits per heavy atom. The lowest BCUT2D eigenvalue weighted by atomic mass is 10.1. The molecule has 0 aliphatic rings. The van der Waals surface area contributed by atoms with Crippen molar-refractivity contribution in [1.29, 1.82) is 0 Å². The predicted octanol–water partition coefficient (Wildman–Crippen LogP) is 1.49. The fourth-order valence-corrected chi connectivity index (χ4v) is 2.77. The number of likely N-dealkylation sites (N-methyl/N-ethyl adjacent to an activating group) is 1. The van der Waals surface area contributed by atoms with Crippen LogP contribution in [0.1, 0.15) is 22.0 Å². The zero-order valence-electron chi connectivity index (χ0n) is 14.5. The first-order valence-corrected chi connectivity index (χ1v) is 8.38. The van der Waals surface area contributed by atoms with Gasteiger partial charge in [0.05, 0.1) is 19.8 Å². The van der Waals surface area contributed by atoms with Crippen molar-refractivity contribution in [3.05, 3.63) is 84.2 Å². The van der Waals surface area contributed by atoms with Gasteiger partial charge in [-0.05, 0) is 35.9 Å². The Hall–Kier alpha value is -2.92. The highest BCUT2D eigenvalue weighted by Crippen LogP contribution is 2.13. The summed E-state index contributed by atoms with van der Waals surface area (Å²) < 4.78 is 1.77. The third-order valence-electron chi connectivity index (χ3n) is 4.02. The summed E-state index contributed by atoms with van der Waals surface area (Å²) >= 11 is 0. The van der Waals surface area contributed by atoms with Gasteiger partial charge < -0.3 is 10.2 Å². The molecule has 1 heterocycles. The van der Waals surface area contributed by atoms with Crippen molar-refractivity contribution in [2.75, 3.05) is 20.6 Å². The van der Waals surface area contributed by atoms with E-state index < -0.39 is 0 Å². The minimum atomic E-state index is -0.0675. The van der Waals surface area contributed by atoms with Crippen molar-refractivity contribution in [1.82, 2.24) is 15.1 Å². The second kappa shape index (κ2) is 7.77. The number of carbonyl (C=O) groups is 1. The van der Waals surface area contributed by atoms with Gasteiger partial charge in [0.1, 0.15) is 12.6 Å². The quantitative estimate of drug-likeness (QED) is 0.717. The van der Waals surface area contributed by atoms with Gasteiger partial charge in [-0.1, -0.05) is 30.3 Å². The maximum atomic E-state index is 12.7. The van der Waals surface area contributed by atoms with Crippen molar-refractivity contribution in [3.63, 3.8) is 0 Å². The smallest absolute Gasteiger partial charge is 0.251 e. The van der Waals surface area contributed by atoms with E-state index in [1.807, 2.05) is 54.7 Å². The minimum Gasteiger partial charge on any atom is -0.340 e. The summed E-state index contributed by atoms with van der Waals surface area (Å²) in [5.74, 6) is -0.0675. The van der Waals surface area contributed by atoms with Gasteiger partial charge in [-0.3, -0.25) is 4.79 Å². The van der Waals surface area contributed by atoms with Crippen LogP contribution in [-0.4, -0.2) is 36.3 Å². The van der Waals surface area contributed by atoms with Crippen LogP contribution < -0.4 is 10.2 Å². The Kier molecular flexibility index (Phi) is 5.26. The SMILES string of the molecule is C[NH+](C)C[C@@H](NC(=O)c1ccc(-n2cccn2)cc1)c1ccccc1. The molecule has 0 spiro atoms. The molecule has 2 N–H and O–H groups in total. The van der Waals surface area contributed by atoms with E-state index in [2.05, 4.69) is 36.6 Å². The van der Waals surface area contributed by atoms with Crippen LogP contribution in [0.5, 0.6) is 0 Å². The minimum absolute atomic E-state index is 0.0236. The molecule has 0 radical (unpaired) electrons. The summed E-state index contributed by atoms with van der Waals surface area (Å²) in [6, 6.07) is 19.4. The number of hydrogen-bond acceptors (Lipinski definition) is 2. The number of amides is 1. The van der Waals surface area contributed by atoms with Gasteiger partial charge in [0.15, 0.2) is 0 Å². The highest BCUT2D eigenvalue weighted by molar-refractivity contribution is 5.94. The van der Waals surface area contributed by atoms with Gasteiger partial charge in [-0.25, -0.2) is 4.68 Å². The van der Waals surface area contributed by atoms with Crippen molar-refractivity contribution in [2.45, 2.75) is 6.04 Å². The monoisotopic (exact) mass is 335 g/mol. The standard InChI is InChI=1S/C20H22N4O/c1-23(2)15-19(16-7-4-3-5-8-16)22-20(25)17-9-11-18(12-10-17)24-14-6-13-21-24/h3-14,19H,15H2,1-2H3,(H,22,25)/p+1/t19-/m1/s1. The number of hydrogen-bond donors (Lipinski definition) is 2. The number of quaternary nitrogens is 1. The molecule has 0 aliphatic heterocycles. The Morgan fingerprint density at radius 1 is 1.08 bits per heavy atom. The maximum Gasteiger partial charge on any atom is 0.251 e. The van der Waals surface area contributed by atoms with E-state index >= 15 is 0 Å². The van der Waals surface area contributed by atoms with E-state index in [1.165, 1.54) is 4.90 Å². The van der Waals surface area contributed by atoms with Crippen molar-refractivity contribution in [2.24, 2.45) is 0 Å². The van der Waals surface area contributed by atoms with Gasteiger partial charge in [-0.2, -0.15) is 5.10 Å². The Bertz CT molecular complexity index is 795. The molecule has 1 atom stereocenters. The highest BCUT2D eigenvalue weighted by atomic mass is 16.1. The molecule has 5 heteroatoms. The van der Waals surface area contributed by atoms with Crippen LogP contribution in [0.2, 0.25) is 0 Å². The van der Waals surface area contributed by atoms with E-state index in [0.29, 0.717) is 5.56 Å². The third-order valence-corrected chi connectivity index (χ3v) is 4.02. The normalized spacial score (nSPS) is 12.1. The highest BCUT2D eigenvalue weighted by Gasteiger charge is 2.18. The molecule has 3 aromatic rings. The molecule has 2 aromatic carbocycles.